The van der Waals surface area contributed by atoms with Crippen LogP contribution in [0.25, 0.3) is 0 Å². The molecule has 3 rings (SSSR count). The van der Waals surface area contributed by atoms with Crippen LogP contribution in [0.5, 0.6) is 0 Å². The minimum Gasteiger partial charge on any atom is -0.368 e. The maximum atomic E-state index is 6.00. The zero-order valence-electron chi connectivity index (χ0n) is 13.4. The summed E-state index contributed by atoms with van der Waals surface area (Å²) in [5.74, 6) is 0.716. The van der Waals surface area contributed by atoms with Gasteiger partial charge >= 0.3 is 0 Å². The molecule has 4 nitrogen and oxygen atoms in total. The highest BCUT2D eigenvalue weighted by molar-refractivity contribution is 7.11. The highest BCUT2D eigenvalue weighted by Crippen LogP contribution is 2.44. The summed E-state index contributed by atoms with van der Waals surface area (Å²) in [5, 5.41) is 4.64. The summed E-state index contributed by atoms with van der Waals surface area (Å²) in [6.07, 6.45) is 2.79. The SMILES string of the molecule is CCNCc1sc(C2CN(C(C)C)CCO2)nc1C1CC1. The second kappa shape index (κ2) is 6.73. The third kappa shape index (κ3) is 3.65. The highest BCUT2D eigenvalue weighted by atomic mass is 32.1. The van der Waals surface area contributed by atoms with E-state index in [1.807, 2.05) is 11.3 Å². The Kier molecular flexibility index (Phi) is 4.94. The third-order valence-corrected chi connectivity index (χ3v) is 5.51. The molecule has 1 saturated carbocycles. The molecule has 1 aliphatic heterocycles. The van der Waals surface area contributed by atoms with Crippen molar-refractivity contribution in [3.63, 3.8) is 0 Å². The molecule has 1 unspecified atom stereocenters. The lowest BCUT2D eigenvalue weighted by atomic mass is 10.2. The van der Waals surface area contributed by atoms with Gasteiger partial charge in [-0.1, -0.05) is 6.92 Å². The summed E-state index contributed by atoms with van der Waals surface area (Å²) in [4.78, 5) is 8.90. The number of nitrogens with one attached hydrogen (secondary N) is 1. The molecule has 2 fully saturated rings. The Morgan fingerprint density at radius 3 is 2.90 bits per heavy atom. The fourth-order valence-corrected chi connectivity index (χ4v) is 4.01. The number of morpholine rings is 1. The summed E-state index contributed by atoms with van der Waals surface area (Å²) in [6.45, 7) is 11.5. The van der Waals surface area contributed by atoms with Crippen LogP contribution in [0, 0.1) is 0 Å². The van der Waals surface area contributed by atoms with Crippen LogP contribution in [0.2, 0.25) is 0 Å². The molecule has 0 amide bonds. The molecule has 118 valence electrons. The first-order chi connectivity index (χ1) is 10.2. The Bertz CT molecular complexity index is 470. The van der Waals surface area contributed by atoms with Crippen molar-refractivity contribution in [3.05, 3.63) is 15.6 Å². The largest absolute Gasteiger partial charge is 0.368 e. The van der Waals surface area contributed by atoms with E-state index in [0.717, 1.165) is 32.8 Å². The number of aromatic nitrogens is 1. The second-order valence-corrected chi connectivity index (χ2v) is 7.48. The van der Waals surface area contributed by atoms with Gasteiger partial charge in [-0.15, -0.1) is 11.3 Å². The lowest BCUT2D eigenvalue weighted by Crippen LogP contribution is -2.42. The van der Waals surface area contributed by atoms with Crippen LogP contribution in [0.1, 0.15) is 61.2 Å². The second-order valence-electron chi connectivity index (χ2n) is 6.36. The summed E-state index contributed by atoms with van der Waals surface area (Å²) >= 11 is 1.86. The smallest absolute Gasteiger partial charge is 0.123 e. The predicted molar refractivity (Wildman–Crippen MR) is 86.9 cm³/mol. The van der Waals surface area contributed by atoms with Gasteiger partial charge in [0, 0.05) is 36.5 Å². The van der Waals surface area contributed by atoms with E-state index in [1.165, 1.54) is 28.4 Å². The van der Waals surface area contributed by atoms with Gasteiger partial charge in [-0.3, -0.25) is 4.90 Å². The van der Waals surface area contributed by atoms with Crippen molar-refractivity contribution in [1.82, 2.24) is 15.2 Å². The van der Waals surface area contributed by atoms with Crippen molar-refractivity contribution in [2.45, 2.75) is 58.2 Å². The standard InChI is InChI=1S/C16H27N3OS/c1-4-17-9-14-15(12-5-6-12)18-16(21-14)13-10-19(11(2)3)7-8-20-13/h11-13,17H,4-10H2,1-3H3. The quantitative estimate of drug-likeness (QED) is 0.877. The number of hydrogen-bond donors (Lipinski definition) is 1. The molecule has 5 heteroatoms. The Morgan fingerprint density at radius 2 is 2.24 bits per heavy atom. The summed E-state index contributed by atoms with van der Waals surface area (Å²) in [6, 6.07) is 0.584. The molecule has 1 aromatic heterocycles. The van der Waals surface area contributed by atoms with Gasteiger partial charge < -0.3 is 10.1 Å². The first-order valence-corrected chi connectivity index (χ1v) is 9.06. The minimum atomic E-state index is 0.166. The zero-order chi connectivity index (χ0) is 14.8. The minimum absolute atomic E-state index is 0.166. The van der Waals surface area contributed by atoms with Crippen LogP contribution in [-0.2, 0) is 11.3 Å². The summed E-state index contributed by atoms with van der Waals surface area (Å²) in [5.41, 5.74) is 1.35. The van der Waals surface area contributed by atoms with E-state index in [9.17, 15) is 0 Å². The van der Waals surface area contributed by atoms with Gasteiger partial charge in [0.2, 0.25) is 0 Å². The molecule has 21 heavy (non-hydrogen) atoms. The summed E-state index contributed by atoms with van der Waals surface area (Å²) < 4.78 is 6.00. The Morgan fingerprint density at radius 1 is 1.43 bits per heavy atom. The average Bonchev–Trinajstić information content (AvgIpc) is 3.25. The molecule has 1 N–H and O–H groups in total. The highest BCUT2D eigenvalue weighted by Gasteiger charge is 2.32. The molecule has 1 atom stereocenters. The van der Waals surface area contributed by atoms with Gasteiger partial charge in [0.1, 0.15) is 11.1 Å². The molecule has 2 aliphatic rings. The first-order valence-electron chi connectivity index (χ1n) is 8.25. The number of hydrogen-bond acceptors (Lipinski definition) is 5. The normalized spacial score (nSPS) is 23.9. The molecule has 0 aromatic carbocycles. The maximum Gasteiger partial charge on any atom is 0.123 e. The molecular formula is C16H27N3OS. The van der Waals surface area contributed by atoms with Gasteiger partial charge in [-0.25, -0.2) is 4.98 Å². The van der Waals surface area contributed by atoms with Crippen molar-refractivity contribution in [2.75, 3.05) is 26.2 Å². The van der Waals surface area contributed by atoms with Crippen molar-refractivity contribution >= 4 is 11.3 Å². The average molecular weight is 309 g/mol. The van der Waals surface area contributed by atoms with Gasteiger partial charge in [0.25, 0.3) is 0 Å². The van der Waals surface area contributed by atoms with E-state index in [-0.39, 0.29) is 6.10 Å². The van der Waals surface area contributed by atoms with Crippen molar-refractivity contribution in [3.8, 4) is 0 Å². The van der Waals surface area contributed by atoms with E-state index in [0.29, 0.717) is 12.0 Å². The fraction of sp³-hybridized carbons (Fsp3) is 0.812. The molecule has 0 spiro atoms. The van der Waals surface area contributed by atoms with E-state index in [4.69, 9.17) is 9.72 Å². The van der Waals surface area contributed by atoms with Gasteiger partial charge in [0.05, 0.1) is 12.3 Å². The van der Waals surface area contributed by atoms with E-state index >= 15 is 0 Å². The maximum absolute atomic E-state index is 6.00. The monoisotopic (exact) mass is 309 g/mol. The van der Waals surface area contributed by atoms with E-state index in [1.54, 1.807) is 0 Å². The van der Waals surface area contributed by atoms with Crippen molar-refractivity contribution in [1.29, 1.82) is 0 Å². The molecule has 0 bridgehead atoms. The molecule has 2 heterocycles. The lowest BCUT2D eigenvalue weighted by Gasteiger charge is -2.34. The zero-order valence-corrected chi connectivity index (χ0v) is 14.2. The van der Waals surface area contributed by atoms with Crippen LogP contribution >= 0.6 is 11.3 Å². The molecule has 0 radical (unpaired) electrons. The summed E-state index contributed by atoms with van der Waals surface area (Å²) in [7, 11) is 0. The van der Waals surface area contributed by atoms with E-state index in [2.05, 4.69) is 31.0 Å². The van der Waals surface area contributed by atoms with Crippen molar-refractivity contribution in [2.24, 2.45) is 0 Å². The Labute approximate surface area is 131 Å². The Hall–Kier alpha value is -0.490. The van der Waals surface area contributed by atoms with E-state index < -0.39 is 0 Å². The number of nitrogens with zero attached hydrogens (tertiary/aromatic N) is 2. The van der Waals surface area contributed by atoms with Crippen molar-refractivity contribution < 1.29 is 4.74 Å². The Balaban J connectivity index is 1.75. The molecule has 1 aliphatic carbocycles. The van der Waals surface area contributed by atoms with Gasteiger partial charge in [-0.2, -0.15) is 0 Å². The molecule has 1 saturated heterocycles. The third-order valence-electron chi connectivity index (χ3n) is 4.35. The lowest BCUT2D eigenvalue weighted by molar-refractivity contribution is -0.0403. The number of thiazole rings is 1. The van der Waals surface area contributed by atoms with Crippen LogP contribution in [0.3, 0.4) is 0 Å². The fourth-order valence-electron chi connectivity index (χ4n) is 2.85. The van der Waals surface area contributed by atoms with Gasteiger partial charge in [-0.05, 0) is 33.2 Å². The van der Waals surface area contributed by atoms with Crippen LogP contribution in [-0.4, -0.2) is 42.2 Å². The topological polar surface area (TPSA) is 37.4 Å². The van der Waals surface area contributed by atoms with Crippen LogP contribution < -0.4 is 5.32 Å². The van der Waals surface area contributed by atoms with Crippen LogP contribution in [0.15, 0.2) is 0 Å². The number of ether oxygens (including phenoxy) is 1. The van der Waals surface area contributed by atoms with Gasteiger partial charge in [0.15, 0.2) is 0 Å². The molecular weight excluding hydrogens is 282 g/mol. The first kappa shape index (κ1) is 15.4. The molecule has 1 aromatic rings. The predicted octanol–water partition coefficient (Wildman–Crippen LogP) is 2.91. The van der Waals surface area contributed by atoms with Crippen LogP contribution in [0.4, 0.5) is 0 Å². The number of rotatable bonds is 6.